The van der Waals surface area contributed by atoms with Gasteiger partial charge in [0.1, 0.15) is 11.6 Å². The number of ether oxygens (including phenoxy) is 1. The average Bonchev–Trinajstić information content (AvgIpc) is 3.08. The third kappa shape index (κ3) is 6.66. The summed E-state index contributed by atoms with van der Waals surface area (Å²) in [6, 6.07) is 13.9. The van der Waals surface area contributed by atoms with Crippen molar-refractivity contribution in [2.75, 3.05) is 38.7 Å². The largest absolute Gasteiger partial charge is 1.00 e. The number of nitrogens with zero attached hydrogens (tertiary/aromatic N) is 3. The van der Waals surface area contributed by atoms with Crippen molar-refractivity contribution >= 4 is 32.6 Å². The lowest BCUT2D eigenvalue weighted by molar-refractivity contribution is -0.119. The van der Waals surface area contributed by atoms with Crippen LogP contribution >= 0.6 is 11.3 Å². The molecule has 0 aliphatic carbocycles. The Balaban J connectivity index is 0.00000300. The van der Waals surface area contributed by atoms with Gasteiger partial charge >= 0.3 is 0 Å². The van der Waals surface area contributed by atoms with Gasteiger partial charge in [-0.3, -0.25) is 9.69 Å². The lowest BCUT2D eigenvalue weighted by atomic mass is 10.3. The van der Waals surface area contributed by atoms with E-state index in [4.69, 9.17) is 4.74 Å². The molecule has 0 saturated heterocycles. The SMILES string of the molecule is CN(C)CCCN(C(=O)CCOc1ccccc1)c1nc2ccc(F)cc2s1.[Cl-]. The molecule has 0 bridgehead atoms. The number of thiazole rings is 1. The molecule has 0 atom stereocenters. The molecule has 156 valence electrons. The topological polar surface area (TPSA) is 45.7 Å². The van der Waals surface area contributed by atoms with Gasteiger partial charge in [-0.15, -0.1) is 0 Å². The molecule has 0 fully saturated rings. The fourth-order valence-electron chi connectivity index (χ4n) is 2.78. The number of aromatic nitrogens is 1. The summed E-state index contributed by atoms with van der Waals surface area (Å²) in [5, 5.41) is 0.601. The Bertz CT molecular complexity index is 921. The maximum Gasteiger partial charge on any atom is 0.232 e. The molecule has 0 radical (unpaired) electrons. The normalized spacial score (nSPS) is 10.8. The van der Waals surface area contributed by atoms with Crippen LogP contribution in [0.15, 0.2) is 48.5 Å². The quantitative estimate of drug-likeness (QED) is 0.505. The molecule has 0 aliphatic rings. The molecule has 1 heterocycles. The molecule has 3 rings (SSSR count). The van der Waals surface area contributed by atoms with Crippen LogP contribution < -0.4 is 22.0 Å². The highest BCUT2D eigenvalue weighted by Gasteiger charge is 2.20. The van der Waals surface area contributed by atoms with Crippen molar-refractivity contribution in [3.8, 4) is 5.75 Å². The standard InChI is InChI=1S/C21H24FN3O2S.ClH/c1-24(2)12-6-13-25(20(26)11-14-27-17-7-4-3-5-8-17)21-23-18-10-9-16(22)15-19(18)28-21;/h3-5,7-10,15H,6,11-14H2,1-2H3;1H/p-1. The number of fused-ring (bicyclic) bond motifs is 1. The van der Waals surface area contributed by atoms with Gasteiger partial charge in [-0.2, -0.15) is 0 Å². The predicted molar refractivity (Wildman–Crippen MR) is 112 cm³/mol. The molecule has 3 aromatic rings. The summed E-state index contributed by atoms with van der Waals surface area (Å²) in [6.45, 7) is 1.72. The average molecular weight is 437 g/mol. The summed E-state index contributed by atoms with van der Waals surface area (Å²) in [5.41, 5.74) is 0.701. The van der Waals surface area contributed by atoms with Crippen LogP contribution in [-0.2, 0) is 4.79 Å². The van der Waals surface area contributed by atoms with E-state index in [1.54, 1.807) is 11.0 Å². The van der Waals surface area contributed by atoms with Crippen LogP contribution in [0, 0.1) is 5.82 Å². The zero-order valence-corrected chi connectivity index (χ0v) is 18.0. The van der Waals surface area contributed by atoms with Crippen molar-refractivity contribution in [3.05, 3.63) is 54.3 Å². The number of rotatable bonds is 9. The van der Waals surface area contributed by atoms with Crippen molar-refractivity contribution in [1.82, 2.24) is 9.88 Å². The first-order valence-electron chi connectivity index (χ1n) is 9.22. The zero-order valence-electron chi connectivity index (χ0n) is 16.5. The van der Waals surface area contributed by atoms with Gasteiger partial charge < -0.3 is 22.0 Å². The van der Waals surface area contributed by atoms with Gasteiger partial charge in [-0.1, -0.05) is 29.5 Å². The summed E-state index contributed by atoms with van der Waals surface area (Å²) in [6.07, 6.45) is 1.07. The second-order valence-corrected chi connectivity index (χ2v) is 7.73. The first kappa shape index (κ1) is 23.1. The highest BCUT2D eigenvalue weighted by Crippen LogP contribution is 2.30. The molecule has 29 heavy (non-hydrogen) atoms. The molecule has 1 aromatic heterocycles. The lowest BCUT2D eigenvalue weighted by Crippen LogP contribution is -3.00. The number of hydrogen-bond acceptors (Lipinski definition) is 5. The summed E-state index contributed by atoms with van der Waals surface area (Å²) in [4.78, 5) is 21.2. The second-order valence-electron chi connectivity index (χ2n) is 6.72. The molecule has 5 nitrogen and oxygen atoms in total. The Kier molecular flexibility index (Phi) is 8.82. The lowest BCUT2D eigenvalue weighted by Gasteiger charge is -2.21. The molecule has 0 unspecified atom stereocenters. The fraction of sp³-hybridized carbons (Fsp3) is 0.333. The predicted octanol–water partition coefficient (Wildman–Crippen LogP) is 1.19. The van der Waals surface area contributed by atoms with Crippen molar-refractivity contribution in [2.45, 2.75) is 12.8 Å². The van der Waals surface area contributed by atoms with E-state index < -0.39 is 0 Å². The molecule has 1 amide bonds. The molecule has 2 aromatic carbocycles. The first-order chi connectivity index (χ1) is 13.5. The number of halogens is 2. The summed E-state index contributed by atoms with van der Waals surface area (Å²) in [5.74, 6) is 0.392. The zero-order chi connectivity index (χ0) is 19.9. The fourth-order valence-corrected chi connectivity index (χ4v) is 3.82. The highest BCUT2D eigenvalue weighted by atomic mass is 35.5. The van der Waals surface area contributed by atoms with Gasteiger partial charge in [0.2, 0.25) is 5.91 Å². The van der Waals surface area contributed by atoms with E-state index in [-0.39, 0.29) is 30.6 Å². The van der Waals surface area contributed by atoms with E-state index in [0.29, 0.717) is 23.8 Å². The summed E-state index contributed by atoms with van der Waals surface area (Å²) < 4.78 is 19.9. The number of carbonyl (C=O) groups excluding carboxylic acids is 1. The maximum absolute atomic E-state index is 13.5. The number of hydrogen-bond donors (Lipinski definition) is 0. The summed E-state index contributed by atoms with van der Waals surface area (Å²) in [7, 11) is 4.00. The van der Waals surface area contributed by atoms with Crippen LogP contribution in [0.25, 0.3) is 10.2 Å². The minimum Gasteiger partial charge on any atom is -1.00 e. The Morgan fingerprint density at radius 1 is 1.14 bits per heavy atom. The van der Waals surface area contributed by atoms with E-state index in [2.05, 4.69) is 9.88 Å². The molecule has 0 N–H and O–H groups in total. The number of anilines is 1. The molecule has 8 heteroatoms. The van der Waals surface area contributed by atoms with Crippen LogP contribution in [0.4, 0.5) is 9.52 Å². The smallest absolute Gasteiger partial charge is 0.232 e. The Labute approximate surface area is 180 Å². The Hall–Kier alpha value is -2.22. The van der Waals surface area contributed by atoms with Gasteiger partial charge in [0.05, 0.1) is 23.2 Å². The van der Waals surface area contributed by atoms with E-state index >= 15 is 0 Å². The minimum absolute atomic E-state index is 0. The van der Waals surface area contributed by atoms with E-state index in [1.807, 2.05) is 44.4 Å². The van der Waals surface area contributed by atoms with Gasteiger partial charge in [0.15, 0.2) is 5.13 Å². The van der Waals surface area contributed by atoms with E-state index in [0.717, 1.165) is 23.4 Å². The number of amides is 1. The number of carbonyl (C=O) groups is 1. The van der Waals surface area contributed by atoms with Crippen LogP contribution in [0.1, 0.15) is 12.8 Å². The maximum atomic E-state index is 13.5. The third-order valence-corrected chi connectivity index (χ3v) is 5.23. The Morgan fingerprint density at radius 2 is 1.90 bits per heavy atom. The molecular formula is C21H24ClFN3O2S-. The van der Waals surface area contributed by atoms with Gasteiger partial charge in [0.25, 0.3) is 0 Å². The van der Waals surface area contributed by atoms with Gasteiger partial charge in [0, 0.05) is 6.54 Å². The summed E-state index contributed by atoms with van der Waals surface area (Å²) >= 11 is 1.34. The third-order valence-electron chi connectivity index (χ3n) is 4.19. The Morgan fingerprint density at radius 3 is 2.62 bits per heavy atom. The van der Waals surface area contributed by atoms with E-state index in [1.165, 1.54) is 23.5 Å². The highest BCUT2D eigenvalue weighted by molar-refractivity contribution is 7.22. The number of benzene rings is 2. The van der Waals surface area contributed by atoms with Crippen molar-refractivity contribution in [1.29, 1.82) is 0 Å². The molecule has 0 saturated carbocycles. The van der Waals surface area contributed by atoms with Crippen LogP contribution in [0.5, 0.6) is 5.75 Å². The van der Waals surface area contributed by atoms with E-state index in [9.17, 15) is 9.18 Å². The van der Waals surface area contributed by atoms with Crippen LogP contribution in [-0.4, -0.2) is 49.6 Å². The second kappa shape index (κ2) is 11.1. The monoisotopic (exact) mass is 436 g/mol. The van der Waals surface area contributed by atoms with Crippen molar-refractivity contribution < 1.29 is 26.3 Å². The van der Waals surface area contributed by atoms with Crippen LogP contribution in [0.2, 0.25) is 0 Å². The van der Waals surface area contributed by atoms with Gasteiger partial charge in [-0.05, 0) is 57.4 Å². The van der Waals surface area contributed by atoms with Crippen molar-refractivity contribution in [2.24, 2.45) is 0 Å². The van der Waals surface area contributed by atoms with Crippen molar-refractivity contribution in [3.63, 3.8) is 0 Å². The number of para-hydroxylation sites is 1. The molecule has 0 spiro atoms. The molecular weight excluding hydrogens is 413 g/mol. The molecule has 0 aliphatic heterocycles. The van der Waals surface area contributed by atoms with Crippen LogP contribution in [0.3, 0.4) is 0 Å². The first-order valence-corrected chi connectivity index (χ1v) is 10.0. The minimum atomic E-state index is -0.301. The van der Waals surface area contributed by atoms with Gasteiger partial charge in [-0.25, -0.2) is 9.37 Å².